The van der Waals surface area contributed by atoms with Gasteiger partial charge in [0, 0.05) is 18.2 Å². The van der Waals surface area contributed by atoms with Crippen LogP contribution in [-0.4, -0.2) is 0 Å². The lowest BCUT2D eigenvalue weighted by molar-refractivity contribution is 0.491. The zero-order valence-corrected chi connectivity index (χ0v) is 13.4. The van der Waals surface area contributed by atoms with Crippen LogP contribution < -0.4 is 5.32 Å². The van der Waals surface area contributed by atoms with Crippen LogP contribution in [-0.2, 0) is 25.8 Å². The molecule has 0 aromatic heterocycles. The first-order valence-electron chi connectivity index (χ1n) is 8.33. The summed E-state index contributed by atoms with van der Waals surface area (Å²) in [6.07, 6.45) is 4.60. The molecule has 0 radical (unpaired) electrons. The van der Waals surface area contributed by atoms with E-state index in [0.29, 0.717) is 5.92 Å². The van der Waals surface area contributed by atoms with E-state index < -0.39 is 0 Å². The van der Waals surface area contributed by atoms with Gasteiger partial charge >= 0.3 is 0 Å². The van der Waals surface area contributed by atoms with Crippen molar-refractivity contribution in [3.05, 3.63) is 83.1 Å². The molecule has 1 heteroatoms. The summed E-state index contributed by atoms with van der Waals surface area (Å²) in [6.45, 7) is 7.36. The van der Waals surface area contributed by atoms with Crippen LogP contribution in [0.25, 0.3) is 0 Å². The van der Waals surface area contributed by atoms with Gasteiger partial charge in [-0.15, -0.1) is 0 Å². The molecule has 0 saturated carbocycles. The van der Waals surface area contributed by atoms with E-state index in [4.69, 9.17) is 0 Å². The van der Waals surface area contributed by atoms with Gasteiger partial charge in [0.25, 0.3) is 0 Å². The molecule has 114 valence electrons. The molecular weight excluding hydrogens is 266 g/mol. The van der Waals surface area contributed by atoms with Crippen molar-refractivity contribution >= 4 is 0 Å². The number of allylic oxidation sites excluding steroid dienone is 1. The monoisotopic (exact) mass is 291 g/mol. The molecule has 1 N–H and O–H groups in total. The molecule has 3 rings (SSSR count). The molecule has 0 bridgehead atoms. The molecule has 1 unspecified atom stereocenters. The molecule has 1 aliphatic rings. The minimum Gasteiger partial charge on any atom is -0.385 e. The molecule has 2 aromatic carbocycles. The van der Waals surface area contributed by atoms with E-state index in [1.54, 1.807) is 0 Å². The number of hydrogen-bond donors (Lipinski definition) is 1. The van der Waals surface area contributed by atoms with Crippen LogP contribution in [0, 0.1) is 5.92 Å². The van der Waals surface area contributed by atoms with Crippen molar-refractivity contribution in [1.29, 1.82) is 0 Å². The first-order valence-corrected chi connectivity index (χ1v) is 8.33. The molecule has 0 saturated heterocycles. The maximum absolute atomic E-state index is 4.29. The van der Waals surface area contributed by atoms with Crippen molar-refractivity contribution in [2.24, 2.45) is 5.92 Å². The van der Waals surface area contributed by atoms with Gasteiger partial charge in [0.15, 0.2) is 0 Å². The van der Waals surface area contributed by atoms with E-state index in [1.807, 2.05) is 0 Å². The molecule has 0 heterocycles. The largest absolute Gasteiger partial charge is 0.385 e. The number of fused-ring (bicyclic) bond motifs is 1. The van der Waals surface area contributed by atoms with Gasteiger partial charge in [-0.3, -0.25) is 0 Å². The standard InChI is InChI=1S/C21H25N/c1-3-17-8-10-18(11-9-17)15-22-16(2)20-13-12-19-6-4-5-7-21(19)14-20/h4-11,20,22H,2-3,12-15H2,1H3. The Balaban J connectivity index is 1.56. The molecule has 1 atom stereocenters. The maximum atomic E-state index is 4.29. The number of hydrogen-bond acceptors (Lipinski definition) is 1. The SMILES string of the molecule is C=C(NCc1ccc(CC)cc1)C1CCc2ccccc2C1. The third-order valence-corrected chi connectivity index (χ3v) is 4.79. The Labute approximate surface area is 134 Å². The maximum Gasteiger partial charge on any atom is 0.0397 e. The quantitative estimate of drug-likeness (QED) is 0.845. The average Bonchev–Trinajstić information content (AvgIpc) is 2.59. The third kappa shape index (κ3) is 3.41. The van der Waals surface area contributed by atoms with Crippen molar-refractivity contribution in [3.8, 4) is 0 Å². The third-order valence-electron chi connectivity index (χ3n) is 4.79. The lowest BCUT2D eigenvalue weighted by Crippen LogP contribution is -2.24. The minimum atomic E-state index is 0.560. The normalized spacial score (nSPS) is 16.9. The van der Waals surface area contributed by atoms with Crippen LogP contribution in [0.4, 0.5) is 0 Å². The fraction of sp³-hybridized carbons (Fsp3) is 0.333. The molecule has 0 fully saturated rings. The Morgan fingerprint density at radius 1 is 1.05 bits per heavy atom. The number of rotatable bonds is 5. The lowest BCUT2D eigenvalue weighted by Gasteiger charge is -2.27. The van der Waals surface area contributed by atoms with Crippen molar-refractivity contribution in [3.63, 3.8) is 0 Å². The van der Waals surface area contributed by atoms with E-state index in [0.717, 1.165) is 19.4 Å². The number of nitrogens with one attached hydrogen (secondary N) is 1. The van der Waals surface area contributed by atoms with Gasteiger partial charge in [-0.05, 0) is 47.9 Å². The molecule has 0 aliphatic heterocycles. The van der Waals surface area contributed by atoms with Crippen LogP contribution in [0.15, 0.2) is 60.8 Å². The molecule has 1 aliphatic carbocycles. The fourth-order valence-corrected chi connectivity index (χ4v) is 3.25. The van der Waals surface area contributed by atoms with E-state index in [9.17, 15) is 0 Å². The van der Waals surface area contributed by atoms with Gasteiger partial charge in [-0.1, -0.05) is 62.0 Å². The predicted molar refractivity (Wildman–Crippen MR) is 93.8 cm³/mol. The van der Waals surface area contributed by atoms with Crippen molar-refractivity contribution in [2.45, 2.75) is 39.2 Å². The topological polar surface area (TPSA) is 12.0 Å². The highest BCUT2D eigenvalue weighted by atomic mass is 14.9. The highest BCUT2D eigenvalue weighted by Crippen LogP contribution is 2.28. The predicted octanol–water partition coefficient (Wildman–Crippen LogP) is 4.66. The average molecular weight is 291 g/mol. The van der Waals surface area contributed by atoms with Crippen molar-refractivity contribution < 1.29 is 0 Å². The Morgan fingerprint density at radius 3 is 2.45 bits per heavy atom. The number of benzene rings is 2. The summed E-state index contributed by atoms with van der Waals surface area (Å²) < 4.78 is 0. The van der Waals surface area contributed by atoms with E-state index in [-0.39, 0.29) is 0 Å². The van der Waals surface area contributed by atoms with E-state index >= 15 is 0 Å². The second kappa shape index (κ2) is 6.83. The van der Waals surface area contributed by atoms with E-state index in [2.05, 4.69) is 67.4 Å². The smallest absolute Gasteiger partial charge is 0.0397 e. The van der Waals surface area contributed by atoms with Crippen molar-refractivity contribution in [1.82, 2.24) is 5.32 Å². The van der Waals surface area contributed by atoms with Crippen LogP contribution in [0.5, 0.6) is 0 Å². The van der Waals surface area contributed by atoms with Gasteiger partial charge in [0.1, 0.15) is 0 Å². The molecular formula is C21H25N. The summed E-state index contributed by atoms with van der Waals surface area (Å²) in [5.74, 6) is 0.560. The van der Waals surface area contributed by atoms with Crippen LogP contribution in [0.1, 0.15) is 35.6 Å². The first kappa shape index (κ1) is 14.9. The van der Waals surface area contributed by atoms with Gasteiger partial charge in [0.05, 0.1) is 0 Å². The Hall–Kier alpha value is -2.02. The second-order valence-corrected chi connectivity index (χ2v) is 6.26. The van der Waals surface area contributed by atoms with Crippen LogP contribution in [0.2, 0.25) is 0 Å². The van der Waals surface area contributed by atoms with Gasteiger partial charge in [-0.2, -0.15) is 0 Å². The summed E-state index contributed by atoms with van der Waals surface area (Å²) >= 11 is 0. The molecule has 22 heavy (non-hydrogen) atoms. The summed E-state index contributed by atoms with van der Waals surface area (Å²) in [7, 11) is 0. The minimum absolute atomic E-state index is 0.560. The molecule has 2 aromatic rings. The van der Waals surface area contributed by atoms with Crippen LogP contribution in [0.3, 0.4) is 0 Å². The zero-order valence-electron chi connectivity index (χ0n) is 13.4. The molecule has 0 amide bonds. The Morgan fingerprint density at radius 2 is 1.73 bits per heavy atom. The van der Waals surface area contributed by atoms with Gasteiger partial charge in [-0.25, -0.2) is 0 Å². The van der Waals surface area contributed by atoms with Crippen molar-refractivity contribution in [2.75, 3.05) is 0 Å². The first-order chi connectivity index (χ1) is 10.8. The fourth-order valence-electron chi connectivity index (χ4n) is 3.25. The number of aryl methyl sites for hydroxylation is 2. The summed E-state index contributed by atoms with van der Waals surface area (Å²) in [6, 6.07) is 17.7. The van der Waals surface area contributed by atoms with Gasteiger partial charge in [0.2, 0.25) is 0 Å². The molecule has 1 nitrogen and oxygen atoms in total. The highest BCUT2D eigenvalue weighted by Gasteiger charge is 2.20. The van der Waals surface area contributed by atoms with Crippen LogP contribution >= 0.6 is 0 Å². The van der Waals surface area contributed by atoms with Gasteiger partial charge < -0.3 is 5.32 Å². The summed E-state index contributed by atoms with van der Waals surface area (Å²) in [5, 5.41) is 3.54. The summed E-state index contributed by atoms with van der Waals surface area (Å²) in [4.78, 5) is 0. The molecule has 0 spiro atoms. The second-order valence-electron chi connectivity index (χ2n) is 6.26. The zero-order chi connectivity index (χ0) is 15.4. The summed E-state index contributed by atoms with van der Waals surface area (Å²) in [5.41, 5.74) is 6.92. The lowest BCUT2D eigenvalue weighted by atomic mass is 9.82. The van der Waals surface area contributed by atoms with E-state index in [1.165, 1.54) is 40.8 Å². The highest BCUT2D eigenvalue weighted by molar-refractivity contribution is 5.31. The Kier molecular flexibility index (Phi) is 4.62. The Bertz CT molecular complexity index is 639.